The first kappa shape index (κ1) is 26.0. The molecule has 2 aromatic heterocycles. The molecule has 3 atom stereocenters. The van der Waals surface area contributed by atoms with Crippen molar-refractivity contribution in [2.75, 3.05) is 11.9 Å². The number of nitriles is 1. The predicted octanol–water partition coefficient (Wildman–Crippen LogP) is 3.30. The van der Waals surface area contributed by atoms with Gasteiger partial charge in [-0.1, -0.05) is 33.1 Å². The Balaban J connectivity index is 1.48. The number of esters is 1. The van der Waals surface area contributed by atoms with Crippen molar-refractivity contribution in [2.45, 2.75) is 83.0 Å². The summed E-state index contributed by atoms with van der Waals surface area (Å²) < 4.78 is 12.9. The van der Waals surface area contributed by atoms with Crippen molar-refractivity contribution in [1.29, 1.82) is 5.26 Å². The number of anilines is 1. The summed E-state index contributed by atoms with van der Waals surface area (Å²) in [6.07, 6.45) is 8.09. The number of ether oxygens (including phenoxy) is 2. The highest BCUT2D eigenvalue weighted by atomic mass is 16.6. The lowest BCUT2D eigenvalue weighted by Gasteiger charge is -2.24. The topological polar surface area (TPSA) is 139 Å². The fourth-order valence-electron chi connectivity index (χ4n) is 5.19. The Bertz CT molecular complexity index is 1120. The number of fused-ring (bicyclic) bond motifs is 1. The molecule has 10 nitrogen and oxygen atoms in total. The molecule has 0 aromatic carbocycles. The van der Waals surface area contributed by atoms with Gasteiger partial charge in [0, 0.05) is 18.8 Å². The number of aromatic nitrogens is 3. The third-order valence-electron chi connectivity index (χ3n) is 7.34. The number of hydrogen-bond donors (Lipinski definition) is 2. The van der Waals surface area contributed by atoms with Gasteiger partial charge in [0.25, 0.3) is 0 Å². The molecular formula is C26H34N5O5. The van der Waals surface area contributed by atoms with Gasteiger partial charge >= 0.3 is 5.97 Å². The van der Waals surface area contributed by atoms with Gasteiger partial charge in [0.05, 0.1) is 5.69 Å². The van der Waals surface area contributed by atoms with E-state index in [9.17, 15) is 20.0 Å². The van der Waals surface area contributed by atoms with Crippen LogP contribution in [0, 0.1) is 29.6 Å². The molecule has 2 aromatic rings. The van der Waals surface area contributed by atoms with Crippen LogP contribution in [0.25, 0.3) is 5.52 Å². The van der Waals surface area contributed by atoms with Gasteiger partial charge < -0.3 is 19.9 Å². The van der Waals surface area contributed by atoms with Gasteiger partial charge in [0.1, 0.15) is 36.7 Å². The summed E-state index contributed by atoms with van der Waals surface area (Å²) in [5.41, 5.74) is -0.988. The SMILES string of the molecule is CCC(CC)C(=O)Nc1ncnn2c([C@]3(C#N)O[C@@H](COC(=O)CC4CCCCC4)[CH][C@H]3O)ccc12. The molecule has 2 N–H and O–H groups in total. The van der Waals surface area contributed by atoms with Crippen LogP contribution >= 0.6 is 0 Å². The summed E-state index contributed by atoms with van der Waals surface area (Å²) in [5.74, 6) is 0.0948. The van der Waals surface area contributed by atoms with Gasteiger partial charge in [0.2, 0.25) is 11.5 Å². The Morgan fingerprint density at radius 3 is 2.75 bits per heavy atom. The maximum Gasteiger partial charge on any atom is 0.306 e. The van der Waals surface area contributed by atoms with Crippen LogP contribution in [-0.2, 0) is 24.7 Å². The minimum absolute atomic E-state index is 0.0823. The highest BCUT2D eigenvalue weighted by Gasteiger charge is 2.52. The van der Waals surface area contributed by atoms with Gasteiger partial charge in [-0.2, -0.15) is 10.4 Å². The van der Waals surface area contributed by atoms with E-state index in [1.165, 1.54) is 23.7 Å². The quantitative estimate of drug-likeness (QED) is 0.504. The minimum atomic E-state index is -1.75. The van der Waals surface area contributed by atoms with Crippen LogP contribution in [0.4, 0.5) is 5.82 Å². The summed E-state index contributed by atoms with van der Waals surface area (Å²) in [6, 6.07) is 5.38. The highest BCUT2D eigenvalue weighted by molar-refractivity contribution is 5.95. The highest BCUT2D eigenvalue weighted by Crippen LogP contribution is 2.40. The number of rotatable bonds is 9. The number of hydrogen-bond acceptors (Lipinski definition) is 8. The van der Waals surface area contributed by atoms with Crippen LogP contribution in [-0.4, -0.2) is 50.4 Å². The molecule has 2 aliphatic rings. The van der Waals surface area contributed by atoms with E-state index in [4.69, 9.17) is 9.47 Å². The summed E-state index contributed by atoms with van der Waals surface area (Å²) in [7, 11) is 0. The molecule has 1 radical (unpaired) electrons. The van der Waals surface area contributed by atoms with E-state index >= 15 is 0 Å². The van der Waals surface area contributed by atoms with Crippen molar-refractivity contribution in [3.63, 3.8) is 0 Å². The monoisotopic (exact) mass is 496 g/mol. The molecular weight excluding hydrogens is 462 g/mol. The van der Waals surface area contributed by atoms with Crippen LogP contribution in [0.1, 0.15) is 70.9 Å². The number of aliphatic hydroxyl groups is 1. The average molecular weight is 497 g/mol. The molecule has 1 saturated heterocycles. The molecule has 1 aliphatic heterocycles. The molecule has 1 saturated carbocycles. The predicted molar refractivity (Wildman–Crippen MR) is 130 cm³/mol. The van der Waals surface area contributed by atoms with Crippen molar-refractivity contribution < 1.29 is 24.2 Å². The summed E-state index contributed by atoms with van der Waals surface area (Å²) in [5, 5.41) is 28.0. The number of nitrogens with one attached hydrogen (secondary N) is 1. The Labute approximate surface area is 211 Å². The number of carbonyl (C=O) groups is 2. The second-order valence-corrected chi connectivity index (χ2v) is 9.66. The number of carbonyl (C=O) groups excluding carboxylic acids is 2. The van der Waals surface area contributed by atoms with Crippen LogP contribution < -0.4 is 5.32 Å². The van der Waals surface area contributed by atoms with E-state index in [0.717, 1.165) is 25.7 Å². The molecule has 3 heterocycles. The molecule has 0 spiro atoms. The first-order valence-electron chi connectivity index (χ1n) is 12.8. The van der Waals surface area contributed by atoms with E-state index < -0.39 is 17.8 Å². The zero-order valence-electron chi connectivity index (χ0n) is 20.9. The lowest BCUT2D eigenvalue weighted by atomic mass is 9.87. The van der Waals surface area contributed by atoms with Crippen molar-refractivity contribution in [2.24, 2.45) is 11.8 Å². The zero-order chi connectivity index (χ0) is 25.7. The Hall–Kier alpha value is -3.03. The number of nitrogens with zero attached hydrogens (tertiary/aromatic N) is 4. The van der Waals surface area contributed by atoms with Gasteiger partial charge in [-0.15, -0.1) is 0 Å². The lowest BCUT2D eigenvalue weighted by Crippen LogP contribution is -2.37. The Kier molecular flexibility index (Phi) is 8.21. The van der Waals surface area contributed by atoms with E-state index in [0.29, 0.717) is 42.2 Å². The molecule has 0 unspecified atom stereocenters. The summed E-state index contributed by atoms with van der Waals surface area (Å²) in [4.78, 5) is 29.1. The molecule has 0 bridgehead atoms. The fraction of sp³-hybridized carbons (Fsp3) is 0.615. The maximum absolute atomic E-state index is 12.6. The van der Waals surface area contributed by atoms with Crippen molar-refractivity contribution >= 4 is 23.2 Å². The molecule has 2 fully saturated rings. The normalized spacial score (nSPS) is 24.6. The zero-order valence-corrected chi connectivity index (χ0v) is 20.9. The molecule has 10 heteroatoms. The lowest BCUT2D eigenvalue weighted by molar-refractivity contribution is -0.150. The third kappa shape index (κ3) is 5.22. The second kappa shape index (κ2) is 11.4. The number of amides is 1. The van der Waals surface area contributed by atoms with Gasteiger partial charge in [-0.3, -0.25) is 9.59 Å². The smallest absolute Gasteiger partial charge is 0.306 e. The molecule has 4 rings (SSSR count). The standard InChI is InChI=1S/C26H34N5O5/c1-3-18(4-2)25(34)30-24-20-10-11-21(31(20)29-16-28-24)26(15-27)22(32)13-19(36-26)14-35-23(33)12-17-8-6-5-7-9-17/h10-11,13,16-19,22,32H,3-9,12,14H2,1-2H3,(H,28,29,30,34)/t19-,22-,26+/m1/s1. The van der Waals surface area contributed by atoms with E-state index in [-0.39, 0.29) is 24.4 Å². The first-order chi connectivity index (χ1) is 17.4. The van der Waals surface area contributed by atoms with Crippen LogP contribution in [0.5, 0.6) is 0 Å². The molecule has 36 heavy (non-hydrogen) atoms. The van der Waals surface area contributed by atoms with Crippen LogP contribution in [0.15, 0.2) is 18.5 Å². The van der Waals surface area contributed by atoms with Crippen LogP contribution in [0.3, 0.4) is 0 Å². The molecule has 193 valence electrons. The third-order valence-corrected chi connectivity index (χ3v) is 7.34. The average Bonchev–Trinajstić information content (AvgIpc) is 3.46. The minimum Gasteiger partial charge on any atom is -0.463 e. The first-order valence-corrected chi connectivity index (χ1v) is 12.8. The Morgan fingerprint density at radius 2 is 2.06 bits per heavy atom. The largest absolute Gasteiger partial charge is 0.463 e. The summed E-state index contributed by atoms with van der Waals surface area (Å²) >= 11 is 0. The van der Waals surface area contributed by atoms with Crippen molar-refractivity contribution in [1.82, 2.24) is 14.6 Å². The van der Waals surface area contributed by atoms with E-state index in [2.05, 4.69) is 21.5 Å². The van der Waals surface area contributed by atoms with Crippen molar-refractivity contribution in [3.05, 3.63) is 30.6 Å². The van der Waals surface area contributed by atoms with Crippen LogP contribution in [0.2, 0.25) is 0 Å². The Morgan fingerprint density at radius 1 is 1.31 bits per heavy atom. The van der Waals surface area contributed by atoms with E-state index in [1.54, 1.807) is 12.1 Å². The van der Waals surface area contributed by atoms with E-state index in [1.807, 2.05) is 13.8 Å². The molecule has 1 aliphatic carbocycles. The van der Waals surface area contributed by atoms with Gasteiger partial charge in [-0.05, 0) is 43.7 Å². The maximum atomic E-state index is 12.6. The number of aliphatic hydroxyl groups excluding tert-OH is 1. The molecule has 1 amide bonds. The van der Waals surface area contributed by atoms with Crippen molar-refractivity contribution in [3.8, 4) is 6.07 Å². The fourth-order valence-corrected chi connectivity index (χ4v) is 5.19. The summed E-state index contributed by atoms with van der Waals surface area (Å²) in [6.45, 7) is 3.82. The van der Waals surface area contributed by atoms with Gasteiger partial charge in [-0.25, -0.2) is 9.50 Å². The second-order valence-electron chi connectivity index (χ2n) is 9.66. The van der Waals surface area contributed by atoms with Gasteiger partial charge in [0.15, 0.2) is 5.82 Å².